The van der Waals surface area contributed by atoms with Crippen LogP contribution in [-0.2, 0) is 9.89 Å². The van der Waals surface area contributed by atoms with Crippen molar-refractivity contribution in [1.82, 2.24) is 0 Å². The second-order valence-electron chi connectivity index (χ2n) is 6.46. The first-order valence-electron chi connectivity index (χ1n) is 7.95. The molecule has 128 valence electrons. The smallest absolute Gasteiger partial charge is 0.188 e. The van der Waals surface area contributed by atoms with Crippen LogP contribution in [0, 0.1) is 13.8 Å². The van der Waals surface area contributed by atoms with E-state index in [9.17, 15) is 4.79 Å². The molecular formula is C20H25O3P. The van der Waals surface area contributed by atoms with Gasteiger partial charge < -0.3 is 9.47 Å². The van der Waals surface area contributed by atoms with E-state index in [1.807, 2.05) is 32.0 Å². The van der Waals surface area contributed by atoms with Gasteiger partial charge in [0.05, 0.1) is 0 Å². The molecule has 0 aliphatic rings. The summed E-state index contributed by atoms with van der Waals surface area (Å²) in [7, 11) is 2.07. The van der Waals surface area contributed by atoms with Crippen molar-refractivity contribution in [2.24, 2.45) is 0 Å². The largest absolute Gasteiger partial charge is 0.467 e. The van der Waals surface area contributed by atoms with E-state index in [2.05, 4.69) is 32.0 Å². The molecule has 1 unspecified atom stereocenters. The Kier molecular flexibility index (Phi) is 6.15. The molecule has 0 fully saturated rings. The number of carbonyl (C=O) groups is 1. The Labute approximate surface area is 146 Å². The van der Waals surface area contributed by atoms with Gasteiger partial charge in [-0.3, -0.25) is 4.79 Å². The highest BCUT2D eigenvalue weighted by Crippen LogP contribution is 2.45. The minimum Gasteiger partial charge on any atom is -0.467 e. The molecule has 0 heterocycles. The maximum Gasteiger partial charge on any atom is 0.188 e. The Bertz CT molecular complexity index is 723. The summed E-state index contributed by atoms with van der Waals surface area (Å²) in [5, 5.41) is 0.932. The maximum atomic E-state index is 11.4. The van der Waals surface area contributed by atoms with Gasteiger partial charge in [-0.15, -0.1) is 0 Å². The molecule has 4 heteroatoms. The zero-order valence-electron chi connectivity index (χ0n) is 15.0. The third-order valence-electron chi connectivity index (χ3n) is 3.99. The van der Waals surface area contributed by atoms with Crippen LogP contribution in [0.5, 0.6) is 5.75 Å². The molecule has 0 N–H and O–H groups in total. The summed E-state index contributed by atoms with van der Waals surface area (Å²) in [4.78, 5) is 11.4. The lowest BCUT2D eigenvalue weighted by Gasteiger charge is -2.29. The number of rotatable bonds is 7. The summed E-state index contributed by atoms with van der Waals surface area (Å²) in [6, 6.07) is 12.3. The van der Waals surface area contributed by atoms with E-state index in [1.54, 1.807) is 7.11 Å². The number of carbonyl (C=O) groups excluding carboxylic acids is 1. The molecule has 3 nitrogen and oxygen atoms in total. The van der Waals surface area contributed by atoms with Gasteiger partial charge in [-0.25, -0.2) is 0 Å². The first-order valence-corrected chi connectivity index (χ1v) is 8.95. The molecule has 0 aliphatic carbocycles. The summed E-state index contributed by atoms with van der Waals surface area (Å²) >= 11 is 0. The van der Waals surface area contributed by atoms with Crippen molar-refractivity contribution in [3.8, 4) is 5.75 Å². The van der Waals surface area contributed by atoms with E-state index in [1.165, 1.54) is 0 Å². The standard InChI is InChI=1S/C20H25O3P/c1-14-9-10-18(16(11-14)12-21)24-20(3,4)17-8-6-7-15(2)19(17)23-13-22-5/h6-12,24H,13H2,1-5H3. The molecule has 0 saturated heterocycles. The van der Waals surface area contributed by atoms with Crippen LogP contribution in [0.3, 0.4) is 0 Å². The monoisotopic (exact) mass is 344 g/mol. The van der Waals surface area contributed by atoms with Gasteiger partial charge in [0, 0.05) is 23.4 Å². The summed E-state index contributed by atoms with van der Waals surface area (Å²) in [5.41, 5.74) is 4.09. The number of para-hydroxylation sites is 1. The first-order chi connectivity index (χ1) is 11.4. The number of aryl methyl sites for hydroxylation is 2. The third-order valence-corrected chi connectivity index (χ3v) is 5.61. The molecule has 0 bridgehead atoms. The van der Waals surface area contributed by atoms with Gasteiger partial charge >= 0.3 is 0 Å². The van der Waals surface area contributed by atoms with Crippen molar-refractivity contribution in [1.29, 1.82) is 0 Å². The van der Waals surface area contributed by atoms with Crippen molar-refractivity contribution in [3.63, 3.8) is 0 Å². The van der Waals surface area contributed by atoms with Crippen LogP contribution in [0.1, 0.15) is 40.9 Å². The zero-order valence-corrected chi connectivity index (χ0v) is 16.0. The second-order valence-corrected chi connectivity index (χ2v) is 8.50. The Morgan fingerprint density at radius 1 is 1.17 bits per heavy atom. The topological polar surface area (TPSA) is 35.5 Å². The molecule has 0 aliphatic heterocycles. The van der Waals surface area contributed by atoms with Gasteiger partial charge in [0.25, 0.3) is 0 Å². The molecule has 1 atom stereocenters. The molecule has 2 rings (SSSR count). The molecule has 0 spiro atoms. The number of methoxy groups -OCH3 is 1. The van der Waals surface area contributed by atoms with Gasteiger partial charge in [0.15, 0.2) is 13.1 Å². The number of ether oxygens (including phenoxy) is 2. The average Bonchev–Trinajstić information content (AvgIpc) is 2.55. The molecular weight excluding hydrogens is 319 g/mol. The van der Waals surface area contributed by atoms with Gasteiger partial charge in [-0.1, -0.05) is 58.3 Å². The molecule has 0 radical (unpaired) electrons. The predicted molar refractivity (Wildman–Crippen MR) is 101 cm³/mol. The third kappa shape index (κ3) is 4.23. The minimum absolute atomic E-state index is 0.151. The molecule has 0 saturated carbocycles. The van der Waals surface area contributed by atoms with E-state index in [0.29, 0.717) is 8.58 Å². The molecule has 2 aromatic rings. The summed E-state index contributed by atoms with van der Waals surface area (Å²) in [5.74, 6) is 0.872. The Hall–Kier alpha value is -1.70. The maximum absolute atomic E-state index is 11.4. The van der Waals surface area contributed by atoms with Crippen LogP contribution >= 0.6 is 8.58 Å². The normalized spacial score (nSPS) is 11.9. The Morgan fingerprint density at radius 2 is 1.92 bits per heavy atom. The molecule has 2 aromatic carbocycles. The van der Waals surface area contributed by atoms with E-state index >= 15 is 0 Å². The summed E-state index contributed by atoms with van der Waals surface area (Å²) in [6.45, 7) is 8.64. The van der Waals surface area contributed by atoms with Crippen molar-refractivity contribution in [3.05, 3.63) is 58.7 Å². The number of aldehydes is 1. The van der Waals surface area contributed by atoms with Gasteiger partial charge in [-0.05, 0) is 30.8 Å². The van der Waals surface area contributed by atoms with Crippen LogP contribution in [-0.4, -0.2) is 20.2 Å². The van der Waals surface area contributed by atoms with E-state index in [4.69, 9.17) is 9.47 Å². The average molecular weight is 344 g/mol. The van der Waals surface area contributed by atoms with Gasteiger partial charge in [0.1, 0.15) is 5.75 Å². The van der Waals surface area contributed by atoms with E-state index in [-0.39, 0.29) is 11.9 Å². The predicted octanol–water partition coefficient (Wildman–Crippen LogP) is 4.34. The first kappa shape index (κ1) is 18.6. The van der Waals surface area contributed by atoms with Crippen LogP contribution in [0.4, 0.5) is 0 Å². The van der Waals surface area contributed by atoms with Crippen LogP contribution in [0.25, 0.3) is 0 Å². The highest BCUT2D eigenvalue weighted by molar-refractivity contribution is 7.48. The van der Waals surface area contributed by atoms with E-state index in [0.717, 1.165) is 39.6 Å². The van der Waals surface area contributed by atoms with Crippen LogP contribution in [0.2, 0.25) is 0 Å². The SMILES string of the molecule is COCOc1c(C)cccc1C(C)(C)Pc1ccc(C)cc1C=O. The lowest BCUT2D eigenvalue weighted by molar-refractivity contribution is 0.0496. The van der Waals surface area contributed by atoms with Crippen LogP contribution < -0.4 is 10.0 Å². The quantitative estimate of drug-likeness (QED) is 0.426. The number of benzene rings is 2. The van der Waals surface area contributed by atoms with Gasteiger partial charge in [-0.2, -0.15) is 0 Å². The Balaban J connectivity index is 2.40. The molecule has 0 amide bonds. The lowest BCUT2D eigenvalue weighted by atomic mass is 9.98. The second kappa shape index (κ2) is 7.92. The fourth-order valence-corrected chi connectivity index (χ4v) is 4.20. The molecule has 0 aromatic heterocycles. The van der Waals surface area contributed by atoms with Crippen molar-refractivity contribution < 1.29 is 14.3 Å². The number of hydrogen-bond donors (Lipinski definition) is 0. The van der Waals surface area contributed by atoms with Crippen molar-refractivity contribution >= 4 is 20.2 Å². The highest BCUT2D eigenvalue weighted by Gasteiger charge is 2.27. The lowest BCUT2D eigenvalue weighted by Crippen LogP contribution is -2.19. The van der Waals surface area contributed by atoms with Gasteiger partial charge in [0.2, 0.25) is 0 Å². The fraction of sp³-hybridized carbons (Fsp3) is 0.350. The number of hydrogen-bond acceptors (Lipinski definition) is 3. The Morgan fingerprint density at radius 3 is 2.58 bits per heavy atom. The van der Waals surface area contributed by atoms with Crippen molar-refractivity contribution in [2.75, 3.05) is 13.9 Å². The van der Waals surface area contributed by atoms with Crippen LogP contribution in [0.15, 0.2) is 36.4 Å². The summed E-state index contributed by atoms with van der Waals surface area (Å²) < 4.78 is 10.9. The highest BCUT2D eigenvalue weighted by atomic mass is 31.1. The fourth-order valence-electron chi connectivity index (χ4n) is 2.75. The zero-order chi connectivity index (χ0) is 17.7. The summed E-state index contributed by atoms with van der Waals surface area (Å²) in [6.07, 6.45) is 0.948. The minimum atomic E-state index is -0.151. The van der Waals surface area contributed by atoms with E-state index < -0.39 is 0 Å². The van der Waals surface area contributed by atoms with Crippen molar-refractivity contribution in [2.45, 2.75) is 32.9 Å². The molecule has 24 heavy (non-hydrogen) atoms.